The van der Waals surface area contributed by atoms with Crippen molar-refractivity contribution in [2.45, 2.75) is 33.2 Å². The molecule has 1 fully saturated rings. The Balaban J connectivity index is 2.03. The molecule has 0 saturated carbocycles. The molecule has 0 radical (unpaired) electrons. The maximum Gasteiger partial charge on any atom is 0.104 e. The zero-order chi connectivity index (χ0) is 13.7. The summed E-state index contributed by atoms with van der Waals surface area (Å²) in [6.45, 7) is 7.91. The van der Waals surface area contributed by atoms with E-state index in [1.165, 1.54) is 18.4 Å². The Morgan fingerprint density at radius 3 is 2.58 bits per heavy atom. The number of nitrogens with zero attached hydrogens (tertiary/aromatic N) is 1. The minimum atomic E-state index is -0.0771. The Hall–Kier alpha value is -1.30. The molecule has 0 unspecified atom stereocenters. The zero-order valence-electron chi connectivity index (χ0n) is 11.9. The zero-order valence-corrected chi connectivity index (χ0v) is 11.9. The number of aliphatic hydroxyl groups is 1. The molecular formula is C17H23NO. The Bertz CT molecular complexity index is 472. The minimum absolute atomic E-state index is 0.0771. The number of piperidine rings is 1. The maximum absolute atomic E-state index is 8.81. The molecule has 1 aromatic rings. The van der Waals surface area contributed by atoms with Crippen molar-refractivity contribution in [2.24, 2.45) is 5.41 Å². The van der Waals surface area contributed by atoms with Crippen LogP contribution in [0.1, 0.15) is 37.8 Å². The Morgan fingerprint density at radius 1 is 1.21 bits per heavy atom. The first-order chi connectivity index (χ1) is 9.11. The van der Waals surface area contributed by atoms with E-state index in [9.17, 15) is 0 Å². The van der Waals surface area contributed by atoms with Crippen LogP contribution in [-0.4, -0.2) is 29.7 Å². The number of hydrogen-bond acceptors (Lipinski definition) is 2. The van der Waals surface area contributed by atoms with Crippen molar-refractivity contribution >= 4 is 0 Å². The second-order valence-corrected chi connectivity index (χ2v) is 6.06. The molecule has 0 amide bonds. The average molecular weight is 257 g/mol. The number of hydrogen-bond donors (Lipinski definition) is 1. The van der Waals surface area contributed by atoms with Crippen LogP contribution in [0.5, 0.6) is 0 Å². The van der Waals surface area contributed by atoms with E-state index in [0.717, 1.165) is 25.2 Å². The normalized spacial score (nSPS) is 18.7. The summed E-state index contributed by atoms with van der Waals surface area (Å²) in [4.78, 5) is 2.50. The molecule has 1 aliphatic heterocycles. The highest BCUT2D eigenvalue weighted by Crippen LogP contribution is 2.30. The second-order valence-electron chi connectivity index (χ2n) is 6.06. The van der Waals surface area contributed by atoms with Gasteiger partial charge >= 0.3 is 0 Å². The van der Waals surface area contributed by atoms with Gasteiger partial charge in [-0.05, 0) is 43.0 Å². The number of rotatable bonds is 2. The van der Waals surface area contributed by atoms with Gasteiger partial charge in [-0.3, -0.25) is 4.90 Å². The molecule has 0 bridgehead atoms. The van der Waals surface area contributed by atoms with Crippen molar-refractivity contribution in [2.75, 3.05) is 19.7 Å². The van der Waals surface area contributed by atoms with Gasteiger partial charge in [-0.2, -0.15) is 0 Å². The van der Waals surface area contributed by atoms with E-state index >= 15 is 0 Å². The lowest BCUT2D eigenvalue weighted by Crippen LogP contribution is -2.36. The van der Waals surface area contributed by atoms with Gasteiger partial charge in [-0.25, -0.2) is 0 Å². The molecule has 0 aromatic heterocycles. The summed E-state index contributed by atoms with van der Waals surface area (Å²) in [5.41, 5.74) is 2.80. The summed E-state index contributed by atoms with van der Waals surface area (Å²) in [7, 11) is 0. The van der Waals surface area contributed by atoms with Gasteiger partial charge in [0.1, 0.15) is 6.61 Å². The monoisotopic (exact) mass is 257 g/mol. The third-order valence-corrected chi connectivity index (χ3v) is 3.92. The van der Waals surface area contributed by atoms with Crippen molar-refractivity contribution in [3.63, 3.8) is 0 Å². The molecule has 2 rings (SSSR count). The molecule has 102 valence electrons. The van der Waals surface area contributed by atoms with Crippen LogP contribution in [-0.2, 0) is 6.54 Å². The summed E-state index contributed by atoms with van der Waals surface area (Å²) in [5, 5.41) is 8.81. The van der Waals surface area contributed by atoms with Crippen LogP contribution in [0.25, 0.3) is 0 Å². The largest absolute Gasteiger partial charge is 0.384 e. The molecular weight excluding hydrogens is 234 g/mol. The van der Waals surface area contributed by atoms with Crippen molar-refractivity contribution in [3.8, 4) is 11.8 Å². The fourth-order valence-corrected chi connectivity index (χ4v) is 2.47. The summed E-state index contributed by atoms with van der Waals surface area (Å²) in [5.74, 6) is 5.78. The number of aliphatic hydroxyl groups excluding tert-OH is 1. The standard InChI is InChI=1S/C17H23NO/c1-17(2)9-11-18(12-10-17)14-16-7-4-3-6-15(16)8-5-13-19/h3-4,6-7,19H,9-14H2,1-2H3. The molecule has 1 saturated heterocycles. The number of benzene rings is 1. The first-order valence-electron chi connectivity index (χ1n) is 7.01. The summed E-state index contributed by atoms with van der Waals surface area (Å²) >= 11 is 0. The van der Waals surface area contributed by atoms with Crippen LogP contribution >= 0.6 is 0 Å². The predicted octanol–water partition coefficient (Wildman–Crippen LogP) is 2.65. The fourth-order valence-electron chi connectivity index (χ4n) is 2.47. The Labute approximate surface area is 116 Å². The molecule has 2 heteroatoms. The van der Waals surface area contributed by atoms with Crippen LogP contribution < -0.4 is 0 Å². The van der Waals surface area contributed by atoms with Crippen LogP contribution in [0.3, 0.4) is 0 Å². The van der Waals surface area contributed by atoms with Crippen LogP contribution in [0.2, 0.25) is 0 Å². The fraction of sp³-hybridized carbons (Fsp3) is 0.529. The van der Waals surface area contributed by atoms with Gasteiger partial charge in [0, 0.05) is 12.1 Å². The third-order valence-electron chi connectivity index (χ3n) is 3.92. The molecule has 1 aromatic carbocycles. The predicted molar refractivity (Wildman–Crippen MR) is 78.7 cm³/mol. The van der Waals surface area contributed by atoms with E-state index < -0.39 is 0 Å². The molecule has 0 atom stereocenters. The van der Waals surface area contributed by atoms with Gasteiger partial charge in [-0.15, -0.1) is 0 Å². The van der Waals surface area contributed by atoms with Crippen molar-refractivity contribution < 1.29 is 5.11 Å². The Morgan fingerprint density at radius 2 is 1.89 bits per heavy atom. The molecule has 0 aliphatic carbocycles. The Kier molecular flexibility index (Phi) is 4.63. The van der Waals surface area contributed by atoms with E-state index in [2.05, 4.69) is 42.7 Å². The van der Waals surface area contributed by atoms with E-state index in [0.29, 0.717) is 5.41 Å². The molecule has 2 nitrogen and oxygen atoms in total. The first-order valence-corrected chi connectivity index (χ1v) is 7.01. The smallest absolute Gasteiger partial charge is 0.104 e. The molecule has 1 aliphatic rings. The SMILES string of the molecule is CC1(C)CCN(Cc2ccccc2C#CCO)CC1. The van der Waals surface area contributed by atoms with Crippen molar-refractivity contribution in [1.29, 1.82) is 0 Å². The van der Waals surface area contributed by atoms with Gasteiger partial charge < -0.3 is 5.11 Å². The van der Waals surface area contributed by atoms with E-state index in [-0.39, 0.29) is 6.61 Å². The van der Waals surface area contributed by atoms with Gasteiger partial charge in [0.15, 0.2) is 0 Å². The van der Waals surface area contributed by atoms with Gasteiger partial charge in [0.25, 0.3) is 0 Å². The number of likely N-dealkylation sites (tertiary alicyclic amines) is 1. The van der Waals surface area contributed by atoms with E-state index in [1.54, 1.807) is 0 Å². The average Bonchev–Trinajstić information content (AvgIpc) is 2.40. The maximum atomic E-state index is 8.81. The highest BCUT2D eigenvalue weighted by atomic mass is 16.2. The summed E-state index contributed by atoms with van der Waals surface area (Å²) < 4.78 is 0. The lowest BCUT2D eigenvalue weighted by molar-refractivity contribution is 0.127. The van der Waals surface area contributed by atoms with Crippen molar-refractivity contribution in [3.05, 3.63) is 35.4 Å². The third kappa shape index (κ3) is 4.09. The molecule has 0 spiro atoms. The highest BCUT2D eigenvalue weighted by molar-refractivity contribution is 5.41. The van der Waals surface area contributed by atoms with Gasteiger partial charge in [0.05, 0.1) is 0 Å². The van der Waals surface area contributed by atoms with Gasteiger partial charge in [0.2, 0.25) is 0 Å². The van der Waals surface area contributed by atoms with Crippen molar-refractivity contribution in [1.82, 2.24) is 4.90 Å². The lowest BCUT2D eigenvalue weighted by Gasteiger charge is -2.37. The minimum Gasteiger partial charge on any atom is -0.384 e. The summed E-state index contributed by atoms with van der Waals surface area (Å²) in [6.07, 6.45) is 2.52. The van der Waals surface area contributed by atoms with Crippen LogP contribution in [0, 0.1) is 17.3 Å². The highest BCUT2D eigenvalue weighted by Gasteiger charge is 2.25. The molecule has 19 heavy (non-hydrogen) atoms. The van der Waals surface area contributed by atoms with E-state index in [4.69, 9.17) is 5.11 Å². The van der Waals surface area contributed by atoms with E-state index in [1.807, 2.05) is 12.1 Å². The van der Waals surface area contributed by atoms with Gasteiger partial charge in [-0.1, -0.05) is 43.9 Å². The first kappa shape index (κ1) is 14.1. The van der Waals surface area contributed by atoms with Crippen LogP contribution in [0.4, 0.5) is 0 Å². The lowest BCUT2D eigenvalue weighted by atomic mass is 9.82. The molecule has 1 N–H and O–H groups in total. The second kappa shape index (κ2) is 6.23. The van der Waals surface area contributed by atoms with Crippen LogP contribution in [0.15, 0.2) is 24.3 Å². The summed E-state index contributed by atoms with van der Waals surface area (Å²) in [6, 6.07) is 8.24. The quantitative estimate of drug-likeness (QED) is 0.823. The molecule has 1 heterocycles. The topological polar surface area (TPSA) is 23.5 Å².